The summed E-state index contributed by atoms with van der Waals surface area (Å²) in [5.41, 5.74) is 2.13. The molecule has 0 saturated carbocycles. The molecule has 94 valence electrons. The fourth-order valence-corrected chi connectivity index (χ4v) is 2.38. The molecule has 17 heavy (non-hydrogen) atoms. The average Bonchev–Trinajstić information content (AvgIpc) is 2.54. The number of hydrogen-bond donors (Lipinski definition) is 0. The van der Waals surface area contributed by atoms with Crippen LogP contribution in [-0.2, 0) is 10.6 Å². The van der Waals surface area contributed by atoms with Gasteiger partial charge in [-0.05, 0) is 31.9 Å². The highest BCUT2D eigenvalue weighted by molar-refractivity contribution is 6.17. The number of ether oxygens (including phenoxy) is 1. The summed E-state index contributed by atoms with van der Waals surface area (Å²) in [4.78, 5) is 6.92. The monoisotopic (exact) mass is 254 g/mol. The van der Waals surface area contributed by atoms with Gasteiger partial charge in [0.2, 0.25) is 0 Å². The van der Waals surface area contributed by atoms with Crippen molar-refractivity contribution in [1.82, 2.24) is 4.98 Å². The van der Waals surface area contributed by atoms with Crippen molar-refractivity contribution in [2.45, 2.75) is 32.3 Å². The van der Waals surface area contributed by atoms with Crippen LogP contribution in [0.15, 0.2) is 12.1 Å². The highest BCUT2D eigenvalue weighted by Gasteiger charge is 2.16. The van der Waals surface area contributed by atoms with Crippen LogP contribution in [-0.4, -0.2) is 30.8 Å². The van der Waals surface area contributed by atoms with Crippen LogP contribution in [0.2, 0.25) is 0 Å². The molecule has 2 heterocycles. The van der Waals surface area contributed by atoms with E-state index in [2.05, 4.69) is 28.9 Å². The Bertz CT molecular complexity index is 384. The van der Waals surface area contributed by atoms with E-state index < -0.39 is 0 Å². The second-order valence-electron chi connectivity index (χ2n) is 4.53. The predicted octanol–water partition coefficient (Wildman–Crippen LogP) is 2.74. The summed E-state index contributed by atoms with van der Waals surface area (Å²) in [6.07, 6.45) is 1.33. The smallest absolute Gasteiger partial charge is 0.128 e. The summed E-state index contributed by atoms with van der Waals surface area (Å²) in [7, 11) is 0. The third kappa shape index (κ3) is 3.11. The van der Waals surface area contributed by atoms with Crippen molar-refractivity contribution in [3.05, 3.63) is 23.4 Å². The lowest BCUT2D eigenvalue weighted by Crippen LogP contribution is -2.30. The van der Waals surface area contributed by atoms with Crippen molar-refractivity contribution < 1.29 is 4.74 Å². The first-order chi connectivity index (χ1) is 8.20. The Morgan fingerprint density at radius 1 is 1.53 bits per heavy atom. The normalized spacial score (nSPS) is 21.4. The summed E-state index contributed by atoms with van der Waals surface area (Å²) < 4.78 is 5.64. The number of pyridine rings is 1. The van der Waals surface area contributed by atoms with Crippen LogP contribution < -0.4 is 4.90 Å². The molecule has 1 aromatic rings. The highest BCUT2D eigenvalue weighted by atomic mass is 35.5. The van der Waals surface area contributed by atoms with E-state index in [4.69, 9.17) is 16.3 Å². The topological polar surface area (TPSA) is 25.4 Å². The zero-order valence-corrected chi connectivity index (χ0v) is 11.2. The molecule has 1 aliphatic heterocycles. The maximum absolute atomic E-state index is 5.85. The lowest BCUT2D eigenvalue weighted by atomic mass is 10.2. The van der Waals surface area contributed by atoms with Crippen molar-refractivity contribution in [2.75, 3.05) is 24.6 Å². The minimum Gasteiger partial charge on any atom is -0.377 e. The maximum atomic E-state index is 5.85. The van der Waals surface area contributed by atoms with E-state index in [1.54, 1.807) is 0 Å². The fraction of sp³-hybridized carbons (Fsp3) is 0.615. The van der Waals surface area contributed by atoms with Gasteiger partial charge >= 0.3 is 0 Å². The van der Waals surface area contributed by atoms with Gasteiger partial charge in [-0.1, -0.05) is 6.07 Å². The third-order valence-corrected chi connectivity index (χ3v) is 3.39. The molecule has 1 aliphatic rings. The maximum Gasteiger partial charge on any atom is 0.128 e. The quantitative estimate of drug-likeness (QED) is 0.759. The SMILES string of the molecule is Cc1nc(N2CCCOC(C)C2)ccc1CCl. The number of nitrogens with zero attached hydrogens (tertiary/aromatic N) is 2. The van der Waals surface area contributed by atoms with E-state index in [1.165, 1.54) is 0 Å². The van der Waals surface area contributed by atoms with E-state index in [9.17, 15) is 0 Å². The zero-order valence-electron chi connectivity index (χ0n) is 10.4. The van der Waals surface area contributed by atoms with Gasteiger partial charge in [-0.2, -0.15) is 0 Å². The van der Waals surface area contributed by atoms with Gasteiger partial charge in [-0.15, -0.1) is 11.6 Å². The molecule has 1 fully saturated rings. The minimum absolute atomic E-state index is 0.271. The van der Waals surface area contributed by atoms with Crippen LogP contribution in [0.3, 0.4) is 0 Å². The second-order valence-corrected chi connectivity index (χ2v) is 4.80. The number of anilines is 1. The van der Waals surface area contributed by atoms with E-state index in [1.807, 2.05) is 6.92 Å². The van der Waals surface area contributed by atoms with Gasteiger partial charge in [0.15, 0.2) is 0 Å². The van der Waals surface area contributed by atoms with Crippen LogP contribution in [0.5, 0.6) is 0 Å². The van der Waals surface area contributed by atoms with Gasteiger partial charge in [-0.3, -0.25) is 0 Å². The molecule has 0 aliphatic carbocycles. The molecule has 1 atom stereocenters. The van der Waals surface area contributed by atoms with Crippen LogP contribution >= 0.6 is 11.6 Å². The van der Waals surface area contributed by atoms with Crippen molar-refractivity contribution in [3.8, 4) is 0 Å². The Balaban J connectivity index is 2.17. The number of hydrogen-bond acceptors (Lipinski definition) is 3. The van der Waals surface area contributed by atoms with Gasteiger partial charge in [-0.25, -0.2) is 4.98 Å². The van der Waals surface area contributed by atoms with Crippen LogP contribution in [0.25, 0.3) is 0 Å². The van der Waals surface area contributed by atoms with Crippen molar-refractivity contribution in [3.63, 3.8) is 0 Å². The third-order valence-electron chi connectivity index (χ3n) is 3.10. The van der Waals surface area contributed by atoms with Gasteiger partial charge < -0.3 is 9.64 Å². The Morgan fingerprint density at radius 3 is 3.06 bits per heavy atom. The van der Waals surface area contributed by atoms with Crippen LogP contribution in [0.4, 0.5) is 5.82 Å². The first-order valence-electron chi connectivity index (χ1n) is 6.09. The summed E-state index contributed by atoms with van der Waals surface area (Å²) in [5, 5.41) is 0. The van der Waals surface area contributed by atoms with Gasteiger partial charge in [0, 0.05) is 31.3 Å². The molecule has 1 saturated heterocycles. The fourth-order valence-electron chi connectivity index (χ4n) is 2.10. The molecule has 0 aromatic carbocycles. The first kappa shape index (κ1) is 12.7. The Morgan fingerprint density at radius 2 is 2.35 bits per heavy atom. The second kappa shape index (κ2) is 5.69. The molecule has 4 heteroatoms. The van der Waals surface area contributed by atoms with Crippen LogP contribution in [0, 0.1) is 6.92 Å². The molecule has 3 nitrogen and oxygen atoms in total. The molecule has 1 unspecified atom stereocenters. The summed E-state index contributed by atoms with van der Waals surface area (Å²) in [5.74, 6) is 1.56. The van der Waals surface area contributed by atoms with Crippen molar-refractivity contribution >= 4 is 17.4 Å². The van der Waals surface area contributed by atoms with E-state index in [-0.39, 0.29) is 6.10 Å². The molecule has 0 amide bonds. The van der Waals surface area contributed by atoms with E-state index >= 15 is 0 Å². The lowest BCUT2D eigenvalue weighted by molar-refractivity contribution is 0.0820. The average molecular weight is 255 g/mol. The predicted molar refractivity (Wildman–Crippen MR) is 70.8 cm³/mol. The standard InChI is InChI=1S/C13H19ClN2O/c1-10-9-16(6-3-7-17-10)13-5-4-12(8-14)11(2)15-13/h4-5,10H,3,6-9H2,1-2H3. The zero-order chi connectivity index (χ0) is 12.3. The molecule has 0 N–H and O–H groups in total. The summed E-state index contributed by atoms with van der Waals surface area (Å²) in [6, 6.07) is 4.13. The molecular formula is C13H19ClN2O. The van der Waals surface area contributed by atoms with Crippen molar-refractivity contribution in [2.24, 2.45) is 0 Å². The van der Waals surface area contributed by atoms with Gasteiger partial charge in [0.05, 0.1) is 6.10 Å². The number of alkyl halides is 1. The Kier molecular flexibility index (Phi) is 4.24. The molecule has 2 rings (SSSR count). The number of rotatable bonds is 2. The molecule has 0 spiro atoms. The molecule has 1 aromatic heterocycles. The molecular weight excluding hydrogens is 236 g/mol. The van der Waals surface area contributed by atoms with E-state index in [0.29, 0.717) is 5.88 Å². The summed E-state index contributed by atoms with van der Waals surface area (Å²) in [6.45, 7) is 6.89. The van der Waals surface area contributed by atoms with Crippen LogP contribution in [0.1, 0.15) is 24.6 Å². The van der Waals surface area contributed by atoms with Gasteiger partial charge in [0.25, 0.3) is 0 Å². The number of aryl methyl sites for hydroxylation is 1. The van der Waals surface area contributed by atoms with E-state index in [0.717, 1.165) is 43.2 Å². The van der Waals surface area contributed by atoms with Gasteiger partial charge in [0.1, 0.15) is 5.82 Å². The first-order valence-corrected chi connectivity index (χ1v) is 6.63. The highest BCUT2D eigenvalue weighted by Crippen LogP contribution is 2.18. The lowest BCUT2D eigenvalue weighted by Gasteiger charge is -2.23. The summed E-state index contributed by atoms with van der Waals surface area (Å²) >= 11 is 5.85. The molecule has 0 radical (unpaired) electrons. The minimum atomic E-state index is 0.271. The van der Waals surface area contributed by atoms with Crippen molar-refractivity contribution in [1.29, 1.82) is 0 Å². The largest absolute Gasteiger partial charge is 0.377 e. The number of aromatic nitrogens is 1. The Hall–Kier alpha value is -0.800. The number of halogens is 1. The molecule has 0 bridgehead atoms. The Labute approximate surface area is 108 Å².